The molecule has 0 unspecified atom stereocenters. The van der Waals surface area contributed by atoms with Gasteiger partial charge in [0.2, 0.25) is 10.0 Å². The number of aryl methyl sites for hydroxylation is 1. The zero-order chi connectivity index (χ0) is 13.0. The molecule has 100 valence electrons. The molecule has 0 spiro atoms. The fraction of sp³-hybridized carbons (Fsp3) is 0.583. The maximum absolute atomic E-state index is 12.2. The molecule has 1 aliphatic rings. The minimum absolute atomic E-state index is 0.0347. The monoisotopic (exact) mass is 269 g/mol. The van der Waals surface area contributed by atoms with Crippen LogP contribution in [-0.2, 0) is 16.4 Å². The van der Waals surface area contributed by atoms with Gasteiger partial charge in [-0.2, -0.15) is 4.31 Å². The molecule has 1 aromatic heterocycles. The van der Waals surface area contributed by atoms with E-state index in [9.17, 15) is 8.42 Å². The highest BCUT2D eigenvalue weighted by Gasteiger charge is 2.28. The highest BCUT2D eigenvalue weighted by Crippen LogP contribution is 2.11. The molecular formula is C12H19N3O2S. The van der Waals surface area contributed by atoms with Gasteiger partial charge in [-0.15, -0.1) is 0 Å². The van der Waals surface area contributed by atoms with Gasteiger partial charge in [0.25, 0.3) is 0 Å². The lowest BCUT2D eigenvalue weighted by molar-refractivity contribution is 0.284. The topological polar surface area (TPSA) is 62.3 Å². The Balaban J connectivity index is 1.99. The second kappa shape index (κ2) is 5.77. The van der Waals surface area contributed by atoms with Crippen LogP contribution in [0, 0.1) is 0 Å². The van der Waals surface area contributed by atoms with E-state index in [4.69, 9.17) is 0 Å². The highest BCUT2D eigenvalue weighted by atomic mass is 32.2. The highest BCUT2D eigenvalue weighted by molar-refractivity contribution is 7.89. The Morgan fingerprint density at radius 2 is 2.33 bits per heavy atom. The van der Waals surface area contributed by atoms with E-state index in [-0.39, 0.29) is 11.8 Å². The molecule has 0 aromatic carbocycles. The predicted molar refractivity (Wildman–Crippen MR) is 70.8 cm³/mol. The van der Waals surface area contributed by atoms with E-state index in [0.29, 0.717) is 13.0 Å². The molecule has 1 saturated heterocycles. The second-order valence-corrected chi connectivity index (χ2v) is 6.59. The van der Waals surface area contributed by atoms with Crippen LogP contribution in [0.1, 0.15) is 12.6 Å². The third-order valence-corrected chi connectivity index (χ3v) is 5.12. The largest absolute Gasteiger partial charge is 0.314 e. The summed E-state index contributed by atoms with van der Waals surface area (Å²) in [5, 5.41) is 3.19. The van der Waals surface area contributed by atoms with Gasteiger partial charge in [-0.25, -0.2) is 8.42 Å². The lowest BCUT2D eigenvalue weighted by Crippen LogP contribution is -2.52. The predicted octanol–water partition coefficient (Wildman–Crippen LogP) is 0.248. The minimum atomic E-state index is -3.18. The van der Waals surface area contributed by atoms with Crippen LogP contribution in [0.2, 0.25) is 0 Å². The number of piperazine rings is 1. The maximum Gasteiger partial charge on any atom is 0.214 e. The summed E-state index contributed by atoms with van der Waals surface area (Å²) in [4.78, 5) is 4.15. The molecule has 0 radical (unpaired) electrons. The van der Waals surface area contributed by atoms with Gasteiger partial charge in [-0.3, -0.25) is 4.98 Å². The zero-order valence-electron chi connectivity index (χ0n) is 10.5. The van der Waals surface area contributed by atoms with E-state index in [1.807, 2.05) is 25.1 Å². The Labute approximate surface area is 108 Å². The molecule has 0 saturated carbocycles. The van der Waals surface area contributed by atoms with Crippen molar-refractivity contribution in [1.82, 2.24) is 14.6 Å². The normalized spacial score (nSPS) is 21.9. The SMILES string of the molecule is C[C@H]1CNCCN1S(=O)(=O)CCc1ccccn1. The summed E-state index contributed by atoms with van der Waals surface area (Å²) < 4.78 is 26.1. The van der Waals surface area contributed by atoms with Crippen molar-refractivity contribution in [2.45, 2.75) is 19.4 Å². The molecule has 5 nitrogen and oxygen atoms in total. The number of nitrogens with one attached hydrogen (secondary N) is 1. The summed E-state index contributed by atoms with van der Waals surface area (Å²) in [5.74, 6) is 0.133. The van der Waals surface area contributed by atoms with Gasteiger partial charge >= 0.3 is 0 Å². The molecule has 0 bridgehead atoms. The van der Waals surface area contributed by atoms with Gasteiger partial charge in [-0.05, 0) is 19.1 Å². The van der Waals surface area contributed by atoms with Crippen LogP contribution in [-0.4, -0.2) is 49.1 Å². The van der Waals surface area contributed by atoms with Crippen LogP contribution in [0.3, 0.4) is 0 Å². The summed E-state index contributed by atoms with van der Waals surface area (Å²) in [5.41, 5.74) is 0.823. The summed E-state index contributed by atoms with van der Waals surface area (Å²) in [6.07, 6.45) is 2.16. The van der Waals surface area contributed by atoms with Gasteiger partial charge < -0.3 is 5.32 Å². The fourth-order valence-electron chi connectivity index (χ4n) is 2.13. The average Bonchev–Trinajstić information content (AvgIpc) is 2.38. The summed E-state index contributed by atoms with van der Waals surface area (Å²) in [6.45, 7) is 3.95. The molecule has 6 heteroatoms. The third kappa shape index (κ3) is 3.28. The molecule has 0 amide bonds. The number of pyridine rings is 1. The number of sulfonamides is 1. The molecule has 1 atom stereocenters. The van der Waals surface area contributed by atoms with Gasteiger partial charge in [0.15, 0.2) is 0 Å². The first-order valence-electron chi connectivity index (χ1n) is 6.20. The zero-order valence-corrected chi connectivity index (χ0v) is 11.4. The van der Waals surface area contributed by atoms with Crippen LogP contribution < -0.4 is 5.32 Å². The Morgan fingerprint density at radius 3 is 3.00 bits per heavy atom. The Bertz CT molecular complexity index is 475. The van der Waals surface area contributed by atoms with Crippen molar-refractivity contribution in [3.05, 3.63) is 30.1 Å². The van der Waals surface area contributed by atoms with Crippen molar-refractivity contribution in [2.24, 2.45) is 0 Å². The summed E-state index contributed by atoms with van der Waals surface area (Å²) >= 11 is 0. The van der Waals surface area contributed by atoms with Gasteiger partial charge in [0, 0.05) is 44.0 Å². The fourth-order valence-corrected chi connectivity index (χ4v) is 3.83. The maximum atomic E-state index is 12.2. The van der Waals surface area contributed by atoms with Gasteiger partial charge in [-0.1, -0.05) is 6.07 Å². The smallest absolute Gasteiger partial charge is 0.214 e. The minimum Gasteiger partial charge on any atom is -0.314 e. The summed E-state index contributed by atoms with van der Waals surface area (Å²) in [7, 11) is -3.18. The quantitative estimate of drug-likeness (QED) is 0.851. The second-order valence-electron chi connectivity index (χ2n) is 4.55. The van der Waals surface area contributed by atoms with Crippen LogP contribution in [0.5, 0.6) is 0 Å². The van der Waals surface area contributed by atoms with Crippen molar-refractivity contribution in [3.63, 3.8) is 0 Å². The molecule has 18 heavy (non-hydrogen) atoms. The third-order valence-electron chi connectivity index (χ3n) is 3.14. The number of aromatic nitrogens is 1. The molecule has 2 rings (SSSR count). The first kappa shape index (κ1) is 13.5. The van der Waals surface area contributed by atoms with E-state index in [0.717, 1.165) is 18.8 Å². The van der Waals surface area contributed by atoms with Crippen molar-refractivity contribution in [3.8, 4) is 0 Å². The molecule has 1 aromatic rings. The van der Waals surface area contributed by atoms with Crippen LogP contribution in [0.15, 0.2) is 24.4 Å². The number of nitrogens with zero attached hydrogens (tertiary/aromatic N) is 2. The molecule has 1 fully saturated rings. The Kier molecular flexibility index (Phi) is 4.31. The molecule has 1 aliphatic heterocycles. The Morgan fingerprint density at radius 1 is 1.50 bits per heavy atom. The van der Waals surface area contributed by atoms with Gasteiger partial charge in [0.05, 0.1) is 5.75 Å². The first-order chi connectivity index (χ1) is 8.59. The van der Waals surface area contributed by atoms with E-state index in [1.165, 1.54) is 0 Å². The van der Waals surface area contributed by atoms with E-state index in [1.54, 1.807) is 10.5 Å². The Hall–Kier alpha value is -0.980. The van der Waals surface area contributed by atoms with E-state index >= 15 is 0 Å². The first-order valence-corrected chi connectivity index (χ1v) is 7.80. The molecule has 2 heterocycles. The lowest BCUT2D eigenvalue weighted by atomic mass is 10.3. The van der Waals surface area contributed by atoms with Crippen LogP contribution >= 0.6 is 0 Å². The molecule has 1 N–H and O–H groups in total. The number of hydrogen-bond acceptors (Lipinski definition) is 4. The number of hydrogen-bond donors (Lipinski definition) is 1. The van der Waals surface area contributed by atoms with E-state index in [2.05, 4.69) is 10.3 Å². The molecule has 0 aliphatic carbocycles. The van der Waals surface area contributed by atoms with Crippen molar-refractivity contribution < 1.29 is 8.42 Å². The van der Waals surface area contributed by atoms with Crippen LogP contribution in [0.4, 0.5) is 0 Å². The summed E-state index contributed by atoms with van der Waals surface area (Å²) in [6, 6.07) is 5.60. The van der Waals surface area contributed by atoms with E-state index < -0.39 is 10.0 Å². The van der Waals surface area contributed by atoms with Gasteiger partial charge in [0.1, 0.15) is 0 Å². The number of rotatable bonds is 4. The molecular weight excluding hydrogens is 250 g/mol. The lowest BCUT2D eigenvalue weighted by Gasteiger charge is -2.32. The average molecular weight is 269 g/mol. The van der Waals surface area contributed by atoms with Crippen molar-refractivity contribution >= 4 is 10.0 Å². The standard InChI is InChI=1S/C12H19N3O2S/c1-11-10-13-7-8-15(11)18(16,17)9-5-12-4-2-3-6-14-12/h2-4,6,11,13H,5,7-10H2,1H3/t11-/m0/s1. The van der Waals surface area contributed by atoms with Crippen LogP contribution in [0.25, 0.3) is 0 Å². The van der Waals surface area contributed by atoms with Crippen molar-refractivity contribution in [2.75, 3.05) is 25.4 Å². The van der Waals surface area contributed by atoms with Crippen molar-refractivity contribution in [1.29, 1.82) is 0 Å².